The van der Waals surface area contributed by atoms with E-state index >= 15 is 0 Å². The second-order valence-electron chi connectivity index (χ2n) is 9.58. The van der Waals surface area contributed by atoms with Gasteiger partial charge in [0.25, 0.3) is 11.7 Å². The number of anilines is 1. The first-order chi connectivity index (χ1) is 13.8. The van der Waals surface area contributed by atoms with Crippen molar-refractivity contribution in [3.63, 3.8) is 0 Å². The van der Waals surface area contributed by atoms with E-state index in [2.05, 4.69) is 33.0 Å². The van der Waals surface area contributed by atoms with Gasteiger partial charge in [0, 0.05) is 42.4 Å². The number of likely N-dealkylation sites (tertiary alicyclic amines) is 1. The molecule has 7 nitrogen and oxygen atoms in total. The van der Waals surface area contributed by atoms with Crippen molar-refractivity contribution >= 4 is 23.5 Å². The lowest BCUT2D eigenvalue weighted by molar-refractivity contribution is -0.222. The van der Waals surface area contributed by atoms with Crippen molar-refractivity contribution in [2.75, 3.05) is 5.32 Å². The normalized spacial score (nSPS) is 22.1. The Hall–Kier alpha value is -2.83. The van der Waals surface area contributed by atoms with Crippen LogP contribution in [-0.4, -0.2) is 39.6 Å². The first-order valence-corrected chi connectivity index (χ1v) is 10.2. The summed E-state index contributed by atoms with van der Waals surface area (Å²) in [6.07, 6.45) is 4.30. The molecule has 162 valence electrons. The van der Waals surface area contributed by atoms with Crippen molar-refractivity contribution in [3.05, 3.63) is 41.6 Å². The second-order valence-corrected chi connectivity index (χ2v) is 9.58. The maximum Gasteiger partial charge on any atom is 0.350 e. The van der Waals surface area contributed by atoms with Gasteiger partial charge in [0.15, 0.2) is 5.57 Å². The van der Waals surface area contributed by atoms with E-state index in [1.54, 1.807) is 24.3 Å². The van der Waals surface area contributed by atoms with Gasteiger partial charge in [0.2, 0.25) is 0 Å². The van der Waals surface area contributed by atoms with Crippen molar-refractivity contribution in [1.29, 1.82) is 0 Å². The topological polar surface area (TPSA) is 84.9 Å². The Kier molecular flexibility index (Phi) is 5.43. The lowest BCUT2D eigenvalue weighted by atomic mass is 9.79. The molecule has 1 N–H and O–H groups in total. The third kappa shape index (κ3) is 4.35. The standard InChI is InChI=1S/C23H30N2O5/c1-21(2)12-7-13-22(3,4)25(21)18(26)15-8-10-16(11-9-15)24-14-17-19(27)29-23(5,6)30-20(17)28/h8-11,14,24H,7,12-13H2,1-6H3. The number of rotatable bonds is 3. The van der Waals surface area contributed by atoms with Gasteiger partial charge in [0.05, 0.1) is 0 Å². The molecule has 0 aromatic heterocycles. The molecule has 3 rings (SSSR count). The summed E-state index contributed by atoms with van der Waals surface area (Å²) in [5.74, 6) is -2.77. The van der Waals surface area contributed by atoms with E-state index in [0.717, 1.165) is 19.3 Å². The van der Waals surface area contributed by atoms with Gasteiger partial charge in [-0.1, -0.05) is 0 Å². The summed E-state index contributed by atoms with van der Waals surface area (Å²) in [6, 6.07) is 6.95. The van der Waals surface area contributed by atoms with E-state index < -0.39 is 17.7 Å². The highest BCUT2D eigenvalue weighted by Gasteiger charge is 2.44. The van der Waals surface area contributed by atoms with Crippen LogP contribution in [0.2, 0.25) is 0 Å². The fourth-order valence-electron chi connectivity index (χ4n) is 4.32. The SMILES string of the molecule is CC1(C)OC(=O)C(=CNc2ccc(C(=O)N3C(C)(C)CCCC3(C)C)cc2)C(=O)O1. The van der Waals surface area contributed by atoms with Gasteiger partial charge in [-0.15, -0.1) is 0 Å². The van der Waals surface area contributed by atoms with Gasteiger partial charge >= 0.3 is 11.9 Å². The molecule has 7 heteroatoms. The Morgan fingerprint density at radius 3 is 1.93 bits per heavy atom. The molecule has 2 saturated heterocycles. The number of hydrogen-bond acceptors (Lipinski definition) is 6. The third-order valence-corrected chi connectivity index (χ3v) is 5.62. The molecule has 1 amide bonds. The van der Waals surface area contributed by atoms with E-state index in [1.807, 2.05) is 4.90 Å². The van der Waals surface area contributed by atoms with Crippen LogP contribution in [0.15, 0.2) is 36.0 Å². The van der Waals surface area contributed by atoms with Gasteiger partial charge in [0.1, 0.15) is 0 Å². The second kappa shape index (κ2) is 7.45. The highest BCUT2D eigenvalue weighted by molar-refractivity contribution is 6.15. The van der Waals surface area contributed by atoms with Crippen LogP contribution in [0.1, 0.15) is 71.2 Å². The van der Waals surface area contributed by atoms with Crippen molar-refractivity contribution in [2.24, 2.45) is 0 Å². The van der Waals surface area contributed by atoms with Gasteiger partial charge in [-0.3, -0.25) is 4.79 Å². The van der Waals surface area contributed by atoms with Crippen LogP contribution < -0.4 is 5.32 Å². The number of hydrogen-bond donors (Lipinski definition) is 1. The van der Waals surface area contributed by atoms with Crippen LogP contribution in [0.5, 0.6) is 0 Å². The number of benzene rings is 1. The number of esters is 2. The zero-order chi connectivity index (χ0) is 22.3. The molecule has 30 heavy (non-hydrogen) atoms. The first kappa shape index (κ1) is 21.9. The molecule has 2 heterocycles. The molecular weight excluding hydrogens is 384 g/mol. The third-order valence-electron chi connectivity index (χ3n) is 5.62. The van der Waals surface area contributed by atoms with Crippen molar-refractivity contribution in [1.82, 2.24) is 4.90 Å². The van der Waals surface area contributed by atoms with Gasteiger partial charge in [-0.05, 0) is 71.2 Å². The summed E-state index contributed by atoms with van der Waals surface area (Å²) < 4.78 is 10.1. The summed E-state index contributed by atoms with van der Waals surface area (Å²) in [5.41, 5.74) is 0.577. The molecule has 0 atom stereocenters. The van der Waals surface area contributed by atoms with Crippen LogP contribution in [0.3, 0.4) is 0 Å². The van der Waals surface area contributed by atoms with E-state index in [-0.39, 0.29) is 22.6 Å². The number of amides is 1. The van der Waals surface area contributed by atoms with Crippen molar-refractivity contribution in [3.8, 4) is 0 Å². The fourth-order valence-corrected chi connectivity index (χ4v) is 4.32. The monoisotopic (exact) mass is 414 g/mol. The first-order valence-electron chi connectivity index (χ1n) is 10.2. The zero-order valence-corrected chi connectivity index (χ0v) is 18.5. The molecular formula is C23H30N2O5. The Balaban J connectivity index is 1.75. The molecule has 2 aliphatic rings. The number of cyclic esters (lactones) is 2. The molecule has 1 aromatic carbocycles. The molecule has 0 saturated carbocycles. The molecule has 0 aliphatic carbocycles. The summed E-state index contributed by atoms with van der Waals surface area (Å²) in [6.45, 7) is 11.4. The maximum absolute atomic E-state index is 13.3. The lowest BCUT2D eigenvalue weighted by Gasteiger charge is -2.53. The quantitative estimate of drug-likeness (QED) is 0.457. The molecule has 2 fully saturated rings. The average Bonchev–Trinajstić information content (AvgIpc) is 2.58. The minimum absolute atomic E-state index is 0.00345. The van der Waals surface area contributed by atoms with Crippen molar-refractivity contribution < 1.29 is 23.9 Å². The van der Waals surface area contributed by atoms with E-state index in [9.17, 15) is 14.4 Å². The average molecular weight is 415 g/mol. The number of carbonyl (C=O) groups is 3. The van der Waals surface area contributed by atoms with Gasteiger partial charge in [-0.25, -0.2) is 9.59 Å². The van der Waals surface area contributed by atoms with Crippen molar-refractivity contribution in [2.45, 2.75) is 77.7 Å². The number of piperidine rings is 1. The molecule has 2 aliphatic heterocycles. The van der Waals surface area contributed by atoms with Gasteiger partial charge < -0.3 is 19.7 Å². The Labute approximate surface area is 177 Å². The maximum atomic E-state index is 13.3. The highest BCUT2D eigenvalue weighted by atomic mass is 16.7. The summed E-state index contributed by atoms with van der Waals surface area (Å²) in [5, 5.41) is 2.89. The zero-order valence-electron chi connectivity index (χ0n) is 18.5. The molecule has 1 aromatic rings. The van der Waals surface area contributed by atoms with Crippen LogP contribution >= 0.6 is 0 Å². The smallest absolute Gasteiger partial charge is 0.350 e. The number of nitrogens with one attached hydrogen (secondary N) is 1. The van der Waals surface area contributed by atoms with Crippen LogP contribution in [-0.2, 0) is 19.1 Å². The predicted octanol–water partition coefficient (Wildman–Crippen LogP) is 4.00. The highest BCUT2D eigenvalue weighted by Crippen LogP contribution is 2.39. The van der Waals surface area contributed by atoms with E-state index in [1.165, 1.54) is 20.0 Å². The molecule has 0 bridgehead atoms. The number of ether oxygens (including phenoxy) is 2. The van der Waals surface area contributed by atoms with Crippen LogP contribution in [0, 0.1) is 0 Å². The largest absolute Gasteiger partial charge is 0.419 e. The van der Waals surface area contributed by atoms with E-state index in [4.69, 9.17) is 9.47 Å². The van der Waals surface area contributed by atoms with Crippen LogP contribution in [0.25, 0.3) is 0 Å². The Morgan fingerprint density at radius 1 is 0.933 bits per heavy atom. The van der Waals surface area contributed by atoms with Crippen LogP contribution in [0.4, 0.5) is 5.69 Å². The Bertz CT molecular complexity index is 859. The summed E-state index contributed by atoms with van der Waals surface area (Å²) in [7, 11) is 0. The molecule has 0 unspecified atom stereocenters. The fraction of sp³-hybridized carbons (Fsp3) is 0.522. The van der Waals surface area contributed by atoms with Gasteiger partial charge in [-0.2, -0.15) is 0 Å². The molecule has 0 spiro atoms. The lowest BCUT2D eigenvalue weighted by Crippen LogP contribution is -2.60. The Morgan fingerprint density at radius 2 is 1.43 bits per heavy atom. The summed E-state index contributed by atoms with van der Waals surface area (Å²) >= 11 is 0. The number of nitrogens with zero attached hydrogens (tertiary/aromatic N) is 1. The predicted molar refractivity (Wildman–Crippen MR) is 113 cm³/mol. The number of carbonyl (C=O) groups excluding carboxylic acids is 3. The minimum Gasteiger partial charge on any atom is -0.419 e. The summed E-state index contributed by atoms with van der Waals surface area (Å²) in [4.78, 5) is 39.3. The van der Waals surface area contributed by atoms with E-state index in [0.29, 0.717) is 11.3 Å². The minimum atomic E-state index is -1.27. The molecule has 0 radical (unpaired) electrons.